The second-order valence-electron chi connectivity index (χ2n) is 5.16. The smallest absolute Gasteiger partial charge is 0.416 e. The lowest BCUT2D eigenvalue weighted by Crippen LogP contribution is -2.09. The Morgan fingerprint density at radius 2 is 1.84 bits per heavy atom. The highest BCUT2D eigenvalue weighted by atomic mass is 35.5. The molecule has 0 saturated heterocycles. The van der Waals surface area contributed by atoms with Gasteiger partial charge in [0.1, 0.15) is 0 Å². The van der Waals surface area contributed by atoms with Crippen molar-refractivity contribution in [3.8, 4) is 11.5 Å². The first-order valence-electron chi connectivity index (χ1n) is 7.12. The summed E-state index contributed by atoms with van der Waals surface area (Å²) >= 11 is 6.03. The molecule has 8 heteroatoms. The fraction of sp³-hybridized carbons (Fsp3) is 0.118. The van der Waals surface area contributed by atoms with Crippen LogP contribution in [0.1, 0.15) is 21.8 Å². The fourth-order valence-corrected chi connectivity index (χ4v) is 2.39. The number of rotatable bonds is 4. The molecule has 1 aromatic heterocycles. The van der Waals surface area contributed by atoms with Gasteiger partial charge < -0.3 is 4.42 Å². The Bertz CT molecular complexity index is 922. The SMILES string of the molecule is O=C(Cc1nnc(-c2ccccc2Cl)o1)c1cccc(C(F)(F)F)c1. The minimum Gasteiger partial charge on any atom is -0.420 e. The number of benzene rings is 2. The molecule has 0 unspecified atom stereocenters. The Labute approximate surface area is 145 Å². The van der Waals surface area contributed by atoms with Crippen LogP contribution in [0.3, 0.4) is 0 Å². The molecule has 0 bridgehead atoms. The maximum Gasteiger partial charge on any atom is 0.416 e. The zero-order chi connectivity index (χ0) is 18.0. The molecule has 0 spiro atoms. The summed E-state index contributed by atoms with van der Waals surface area (Å²) in [6.45, 7) is 0. The molecule has 0 aliphatic carbocycles. The molecule has 4 nitrogen and oxygen atoms in total. The number of alkyl halides is 3. The van der Waals surface area contributed by atoms with Crippen LogP contribution >= 0.6 is 11.6 Å². The van der Waals surface area contributed by atoms with Crippen molar-refractivity contribution >= 4 is 17.4 Å². The van der Waals surface area contributed by atoms with E-state index >= 15 is 0 Å². The zero-order valence-electron chi connectivity index (χ0n) is 12.5. The molecule has 0 aliphatic heterocycles. The summed E-state index contributed by atoms with van der Waals surface area (Å²) < 4.78 is 43.6. The minimum atomic E-state index is -4.52. The third-order valence-corrected chi connectivity index (χ3v) is 3.72. The van der Waals surface area contributed by atoms with Crippen molar-refractivity contribution in [3.63, 3.8) is 0 Å². The largest absolute Gasteiger partial charge is 0.420 e. The van der Waals surface area contributed by atoms with E-state index in [1.807, 2.05) is 0 Å². The highest BCUT2D eigenvalue weighted by Gasteiger charge is 2.31. The monoisotopic (exact) mass is 366 g/mol. The van der Waals surface area contributed by atoms with Crippen LogP contribution in [0.25, 0.3) is 11.5 Å². The Balaban J connectivity index is 1.80. The number of hydrogen-bond donors (Lipinski definition) is 0. The van der Waals surface area contributed by atoms with Gasteiger partial charge in [0.05, 0.1) is 22.6 Å². The number of Topliss-reactive ketones (excluding diaryl/α,β-unsaturated/α-hetero) is 1. The summed E-state index contributed by atoms with van der Waals surface area (Å²) in [4.78, 5) is 12.2. The van der Waals surface area contributed by atoms with Crippen molar-refractivity contribution < 1.29 is 22.4 Å². The molecule has 0 aliphatic rings. The molecule has 0 radical (unpaired) electrons. The van der Waals surface area contributed by atoms with Crippen LogP contribution in [0.2, 0.25) is 5.02 Å². The second-order valence-corrected chi connectivity index (χ2v) is 5.57. The highest BCUT2D eigenvalue weighted by Crippen LogP contribution is 2.30. The summed E-state index contributed by atoms with van der Waals surface area (Å²) in [5.74, 6) is -0.421. The van der Waals surface area contributed by atoms with Gasteiger partial charge in [0.2, 0.25) is 11.8 Å². The number of carbonyl (C=O) groups is 1. The quantitative estimate of drug-likeness (QED) is 0.620. The van der Waals surface area contributed by atoms with Gasteiger partial charge in [-0.3, -0.25) is 4.79 Å². The average Bonchev–Trinajstić information content (AvgIpc) is 3.03. The first-order chi connectivity index (χ1) is 11.8. The average molecular weight is 367 g/mol. The van der Waals surface area contributed by atoms with Gasteiger partial charge in [-0.25, -0.2) is 0 Å². The van der Waals surface area contributed by atoms with Crippen LogP contribution in [-0.4, -0.2) is 16.0 Å². The van der Waals surface area contributed by atoms with E-state index in [0.717, 1.165) is 12.1 Å². The number of aromatic nitrogens is 2. The molecule has 128 valence electrons. The molecule has 0 amide bonds. The number of nitrogens with zero attached hydrogens (tertiary/aromatic N) is 2. The first-order valence-corrected chi connectivity index (χ1v) is 7.50. The lowest BCUT2D eigenvalue weighted by molar-refractivity contribution is -0.137. The van der Waals surface area contributed by atoms with Gasteiger partial charge >= 0.3 is 6.18 Å². The maximum absolute atomic E-state index is 12.7. The van der Waals surface area contributed by atoms with Crippen molar-refractivity contribution in [2.24, 2.45) is 0 Å². The van der Waals surface area contributed by atoms with Gasteiger partial charge in [0.15, 0.2) is 5.78 Å². The van der Waals surface area contributed by atoms with Crippen LogP contribution in [0.15, 0.2) is 52.9 Å². The van der Waals surface area contributed by atoms with Gasteiger partial charge in [0.25, 0.3) is 0 Å². The third kappa shape index (κ3) is 3.88. The second kappa shape index (κ2) is 6.68. The van der Waals surface area contributed by atoms with Crippen molar-refractivity contribution in [1.29, 1.82) is 0 Å². The fourth-order valence-electron chi connectivity index (χ4n) is 2.18. The van der Waals surface area contributed by atoms with Crippen molar-refractivity contribution in [1.82, 2.24) is 10.2 Å². The minimum absolute atomic E-state index is 0.00247. The summed E-state index contributed by atoms with van der Waals surface area (Å²) in [6, 6.07) is 11.0. The Morgan fingerprint density at radius 3 is 2.56 bits per heavy atom. The van der Waals surface area contributed by atoms with Crippen molar-refractivity contribution in [2.45, 2.75) is 12.6 Å². The number of hydrogen-bond acceptors (Lipinski definition) is 4. The first kappa shape index (κ1) is 17.2. The molecule has 1 heterocycles. The number of halogens is 4. The maximum atomic E-state index is 12.7. The molecular formula is C17H10ClF3N2O2. The standard InChI is InChI=1S/C17H10ClF3N2O2/c18-13-7-2-1-6-12(13)16-23-22-15(25-16)9-14(24)10-4-3-5-11(8-10)17(19,20)21/h1-8H,9H2. The number of carbonyl (C=O) groups excluding carboxylic acids is 1. The van der Waals surface area contributed by atoms with Crippen LogP contribution in [0, 0.1) is 0 Å². The van der Waals surface area contributed by atoms with E-state index in [0.29, 0.717) is 10.6 Å². The molecule has 2 aromatic carbocycles. The predicted octanol–water partition coefficient (Wildman–Crippen LogP) is 4.83. The molecule has 0 N–H and O–H groups in total. The highest BCUT2D eigenvalue weighted by molar-refractivity contribution is 6.33. The molecule has 25 heavy (non-hydrogen) atoms. The van der Waals surface area contributed by atoms with Gasteiger partial charge in [0, 0.05) is 5.56 Å². The Kier molecular flexibility index (Phi) is 4.59. The van der Waals surface area contributed by atoms with E-state index in [1.54, 1.807) is 24.3 Å². The summed E-state index contributed by atoms with van der Waals surface area (Å²) in [7, 11) is 0. The van der Waals surface area contributed by atoms with E-state index in [2.05, 4.69) is 10.2 Å². The van der Waals surface area contributed by atoms with Gasteiger partial charge in [-0.05, 0) is 24.3 Å². The van der Waals surface area contributed by atoms with Gasteiger partial charge in [-0.2, -0.15) is 13.2 Å². The van der Waals surface area contributed by atoms with Crippen molar-refractivity contribution in [2.75, 3.05) is 0 Å². The lowest BCUT2D eigenvalue weighted by atomic mass is 10.0. The number of ketones is 1. The molecule has 0 fully saturated rings. The Hall–Kier alpha value is -2.67. The normalized spacial score (nSPS) is 11.5. The summed E-state index contributed by atoms with van der Waals surface area (Å²) in [5.41, 5.74) is -0.456. The molecular weight excluding hydrogens is 357 g/mol. The van der Waals surface area contributed by atoms with E-state index in [9.17, 15) is 18.0 Å². The van der Waals surface area contributed by atoms with Gasteiger partial charge in [-0.1, -0.05) is 35.9 Å². The van der Waals surface area contributed by atoms with E-state index < -0.39 is 17.5 Å². The van der Waals surface area contributed by atoms with Crippen molar-refractivity contribution in [3.05, 3.63) is 70.6 Å². The Morgan fingerprint density at radius 1 is 1.08 bits per heavy atom. The zero-order valence-corrected chi connectivity index (χ0v) is 13.3. The molecule has 3 aromatic rings. The molecule has 0 saturated carbocycles. The molecule has 3 rings (SSSR count). The lowest BCUT2D eigenvalue weighted by Gasteiger charge is -2.07. The molecule has 0 atom stereocenters. The van der Waals surface area contributed by atoms with Crippen LogP contribution in [-0.2, 0) is 12.6 Å². The van der Waals surface area contributed by atoms with E-state index in [-0.39, 0.29) is 23.8 Å². The van der Waals surface area contributed by atoms with E-state index in [4.69, 9.17) is 16.0 Å². The van der Waals surface area contributed by atoms with Crippen LogP contribution < -0.4 is 0 Å². The van der Waals surface area contributed by atoms with Crippen LogP contribution in [0.5, 0.6) is 0 Å². The third-order valence-electron chi connectivity index (χ3n) is 3.39. The topological polar surface area (TPSA) is 56.0 Å². The van der Waals surface area contributed by atoms with Crippen LogP contribution in [0.4, 0.5) is 13.2 Å². The van der Waals surface area contributed by atoms with E-state index in [1.165, 1.54) is 12.1 Å². The summed E-state index contributed by atoms with van der Waals surface area (Å²) in [6.07, 6.45) is -4.82. The van der Waals surface area contributed by atoms with Gasteiger partial charge in [-0.15, -0.1) is 10.2 Å². The summed E-state index contributed by atoms with van der Waals surface area (Å²) in [5, 5.41) is 7.97. The predicted molar refractivity (Wildman–Crippen MR) is 84.2 cm³/mol.